The van der Waals surface area contributed by atoms with Crippen LogP contribution >= 0.6 is 0 Å². The minimum Gasteiger partial charge on any atom is -0.389 e. The van der Waals surface area contributed by atoms with E-state index < -0.39 is 42.1 Å². The van der Waals surface area contributed by atoms with Crippen LogP contribution in [0.5, 0.6) is 0 Å². The van der Waals surface area contributed by atoms with Crippen LogP contribution in [0.25, 0.3) is 0 Å². The fourth-order valence-electron chi connectivity index (χ4n) is 2.97. The molecular formula is C16H22F3N3O2. The molecular weight excluding hydrogens is 323 g/mol. The standard InChI is InChI=1S/C16H22F3N3O2/c1-10(2)13(11-7-12(24-22-11)14(3,4)23)15(8-20,9-21)5-6-16(17,18)19/h10,12-13,23H,5-7H2,1-4H3. The maximum absolute atomic E-state index is 12.6. The molecule has 2 unspecified atom stereocenters. The predicted molar refractivity (Wildman–Crippen MR) is 80.5 cm³/mol. The van der Waals surface area contributed by atoms with E-state index in [2.05, 4.69) is 5.16 Å². The molecule has 0 radical (unpaired) electrons. The largest absolute Gasteiger partial charge is 0.389 e. The van der Waals surface area contributed by atoms with Gasteiger partial charge in [-0.15, -0.1) is 0 Å². The maximum Gasteiger partial charge on any atom is 0.389 e. The molecule has 5 nitrogen and oxygen atoms in total. The zero-order valence-electron chi connectivity index (χ0n) is 14.2. The highest BCUT2D eigenvalue weighted by Crippen LogP contribution is 2.43. The van der Waals surface area contributed by atoms with E-state index in [1.165, 1.54) is 13.8 Å². The lowest BCUT2D eigenvalue weighted by molar-refractivity contribution is -0.139. The van der Waals surface area contributed by atoms with Crippen LogP contribution in [0.2, 0.25) is 0 Å². The van der Waals surface area contributed by atoms with E-state index in [1.54, 1.807) is 26.0 Å². The molecule has 0 saturated carbocycles. The van der Waals surface area contributed by atoms with E-state index in [0.29, 0.717) is 5.71 Å². The van der Waals surface area contributed by atoms with Crippen molar-refractivity contribution in [3.63, 3.8) is 0 Å². The zero-order chi connectivity index (χ0) is 18.8. The van der Waals surface area contributed by atoms with Crippen LogP contribution in [0.4, 0.5) is 13.2 Å². The molecule has 8 heteroatoms. The first kappa shape index (κ1) is 20.2. The van der Waals surface area contributed by atoms with Gasteiger partial charge in [-0.3, -0.25) is 0 Å². The van der Waals surface area contributed by atoms with Crippen molar-refractivity contribution in [1.29, 1.82) is 10.5 Å². The van der Waals surface area contributed by atoms with Crippen LogP contribution in [-0.4, -0.2) is 28.7 Å². The molecule has 0 aromatic carbocycles. The number of aliphatic hydroxyl groups is 1. The summed E-state index contributed by atoms with van der Waals surface area (Å²) >= 11 is 0. The number of hydrogen-bond acceptors (Lipinski definition) is 5. The van der Waals surface area contributed by atoms with E-state index in [9.17, 15) is 28.8 Å². The Labute approximate surface area is 139 Å². The SMILES string of the molecule is CC(C)C(C1=NOC(C(C)(C)O)C1)C(C#N)(C#N)CCC(F)(F)F. The fourth-order valence-corrected chi connectivity index (χ4v) is 2.97. The Kier molecular flexibility index (Phi) is 5.89. The number of rotatable bonds is 6. The number of nitriles is 2. The van der Waals surface area contributed by atoms with Gasteiger partial charge < -0.3 is 9.94 Å². The molecule has 1 rings (SSSR count). The monoisotopic (exact) mass is 345 g/mol. The quantitative estimate of drug-likeness (QED) is 0.797. The van der Waals surface area contributed by atoms with Crippen molar-refractivity contribution >= 4 is 5.71 Å². The van der Waals surface area contributed by atoms with Gasteiger partial charge in [-0.1, -0.05) is 19.0 Å². The summed E-state index contributed by atoms with van der Waals surface area (Å²) in [6.45, 7) is 6.52. The second-order valence-electron chi connectivity index (χ2n) is 7.07. The average molecular weight is 345 g/mol. The molecule has 0 spiro atoms. The normalized spacial score (nSPS) is 20.1. The van der Waals surface area contributed by atoms with Gasteiger partial charge in [0.2, 0.25) is 0 Å². The summed E-state index contributed by atoms with van der Waals surface area (Å²) in [5, 5.41) is 32.9. The number of nitrogens with zero attached hydrogens (tertiary/aromatic N) is 3. The Morgan fingerprint density at radius 1 is 1.25 bits per heavy atom. The average Bonchev–Trinajstić information content (AvgIpc) is 2.91. The van der Waals surface area contributed by atoms with Crippen molar-refractivity contribution < 1.29 is 23.1 Å². The molecule has 1 heterocycles. The van der Waals surface area contributed by atoms with Gasteiger partial charge in [-0.2, -0.15) is 23.7 Å². The molecule has 134 valence electrons. The first-order valence-electron chi connectivity index (χ1n) is 7.70. The van der Waals surface area contributed by atoms with Gasteiger partial charge in [0.15, 0.2) is 11.5 Å². The predicted octanol–water partition coefficient (Wildman–Crippen LogP) is 3.55. The third kappa shape index (κ3) is 4.61. The molecule has 0 fully saturated rings. The molecule has 0 aliphatic carbocycles. The van der Waals surface area contributed by atoms with E-state index in [-0.39, 0.29) is 12.3 Å². The van der Waals surface area contributed by atoms with Crippen LogP contribution in [0.15, 0.2) is 5.16 Å². The summed E-state index contributed by atoms with van der Waals surface area (Å²) < 4.78 is 37.8. The van der Waals surface area contributed by atoms with Crippen molar-refractivity contribution in [3.05, 3.63) is 0 Å². The lowest BCUT2D eigenvalue weighted by Crippen LogP contribution is -2.41. The van der Waals surface area contributed by atoms with Gasteiger partial charge in [0.25, 0.3) is 0 Å². The summed E-state index contributed by atoms with van der Waals surface area (Å²) in [6, 6.07) is 3.58. The molecule has 0 bridgehead atoms. The van der Waals surface area contributed by atoms with Crippen molar-refractivity contribution in [2.45, 2.75) is 64.8 Å². The van der Waals surface area contributed by atoms with Crippen molar-refractivity contribution in [2.24, 2.45) is 22.4 Å². The highest BCUT2D eigenvalue weighted by atomic mass is 19.4. The second-order valence-corrected chi connectivity index (χ2v) is 7.07. The van der Waals surface area contributed by atoms with Crippen molar-refractivity contribution in [2.75, 3.05) is 0 Å². The molecule has 1 N–H and O–H groups in total. The number of oxime groups is 1. The third-order valence-electron chi connectivity index (χ3n) is 4.24. The molecule has 2 atom stereocenters. The highest BCUT2D eigenvalue weighted by Gasteiger charge is 2.49. The molecule has 1 aliphatic rings. The van der Waals surface area contributed by atoms with Gasteiger partial charge in [0.1, 0.15) is 0 Å². The Bertz CT molecular complexity index is 551. The fraction of sp³-hybridized carbons (Fsp3) is 0.812. The van der Waals surface area contributed by atoms with Crippen LogP contribution in [0.1, 0.15) is 47.0 Å². The first-order valence-corrected chi connectivity index (χ1v) is 7.70. The van der Waals surface area contributed by atoms with Gasteiger partial charge in [0.05, 0.1) is 23.5 Å². The maximum atomic E-state index is 12.6. The summed E-state index contributed by atoms with van der Waals surface area (Å²) in [5.41, 5.74) is -2.69. The topological polar surface area (TPSA) is 89.4 Å². The van der Waals surface area contributed by atoms with E-state index in [1.807, 2.05) is 0 Å². The Balaban J connectivity index is 3.13. The van der Waals surface area contributed by atoms with Crippen molar-refractivity contribution in [3.8, 4) is 12.1 Å². The number of hydrogen-bond donors (Lipinski definition) is 1. The zero-order valence-corrected chi connectivity index (χ0v) is 14.2. The van der Waals surface area contributed by atoms with Gasteiger partial charge in [0, 0.05) is 18.8 Å². The first-order chi connectivity index (χ1) is 10.9. The summed E-state index contributed by atoms with van der Waals surface area (Å²) in [5.74, 6) is -1.09. The number of alkyl halides is 3. The highest BCUT2D eigenvalue weighted by molar-refractivity contribution is 5.89. The Morgan fingerprint density at radius 3 is 2.12 bits per heavy atom. The Hall–Kier alpha value is -1.80. The van der Waals surface area contributed by atoms with Gasteiger partial charge in [-0.05, 0) is 26.2 Å². The minimum atomic E-state index is -4.45. The van der Waals surface area contributed by atoms with Crippen molar-refractivity contribution in [1.82, 2.24) is 0 Å². The lowest BCUT2D eigenvalue weighted by atomic mass is 9.66. The van der Waals surface area contributed by atoms with Crippen LogP contribution in [0, 0.1) is 39.9 Å². The third-order valence-corrected chi connectivity index (χ3v) is 4.24. The summed E-state index contributed by atoms with van der Waals surface area (Å²) in [4.78, 5) is 5.19. The van der Waals surface area contributed by atoms with Gasteiger partial charge in [-0.25, -0.2) is 0 Å². The number of halogens is 3. The molecule has 24 heavy (non-hydrogen) atoms. The summed E-state index contributed by atoms with van der Waals surface area (Å²) in [6.07, 6.45) is -6.79. The lowest BCUT2D eigenvalue weighted by Gasteiger charge is -2.32. The minimum absolute atomic E-state index is 0.170. The van der Waals surface area contributed by atoms with E-state index >= 15 is 0 Å². The summed E-state index contributed by atoms with van der Waals surface area (Å²) in [7, 11) is 0. The molecule has 0 amide bonds. The Morgan fingerprint density at radius 2 is 1.79 bits per heavy atom. The van der Waals surface area contributed by atoms with E-state index in [0.717, 1.165) is 0 Å². The molecule has 0 aromatic rings. The molecule has 1 aliphatic heterocycles. The molecule has 0 aromatic heterocycles. The van der Waals surface area contributed by atoms with Crippen LogP contribution in [0.3, 0.4) is 0 Å². The van der Waals surface area contributed by atoms with E-state index in [4.69, 9.17) is 4.84 Å². The second kappa shape index (κ2) is 6.98. The molecule has 0 saturated heterocycles. The van der Waals surface area contributed by atoms with Crippen LogP contribution in [-0.2, 0) is 4.84 Å². The van der Waals surface area contributed by atoms with Crippen LogP contribution < -0.4 is 0 Å². The van der Waals surface area contributed by atoms with Gasteiger partial charge >= 0.3 is 6.18 Å². The smallest absolute Gasteiger partial charge is 0.389 e.